The van der Waals surface area contributed by atoms with Crippen LogP contribution >= 0.6 is 0 Å². The van der Waals surface area contributed by atoms with Gasteiger partial charge in [-0.2, -0.15) is 0 Å². The molecule has 0 heterocycles. The predicted octanol–water partition coefficient (Wildman–Crippen LogP) is 0.854. The molecule has 0 aliphatic rings. The zero-order valence-corrected chi connectivity index (χ0v) is 8.39. The molecule has 0 rings (SSSR count). The molecule has 0 radical (unpaired) electrons. The third kappa shape index (κ3) is 6.16. The topological polar surface area (TPSA) is 32.3 Å². The number of hydrogen-bond acceptors (Lipinski definition) is 2. The van der Waals surface area contributed by atoms with E-state index in [9.17, 15) is 4.79 Å². The van der Waals surface area contributed by atoms with Gasteiger partial charge in [0.25, 0.3) is 0 Å². The molecule has 0 bridgehead atoms. The van der Waals surface area contributed by atoms with Crippen LogP contribution in [0.1, 0.15) is 26.2 Å². The van der Waals surface area contributed by atoms with Crippen LogP contribution < -0.4 is 5.32 Å². The molecular weight excluding hydrogens is 152 g/mol. The summed E-state index contributed by atoms with van der Waals surface area (Å²) in [6.45, 7) is 3.59. The smallest absolute Gasteiger partial charge is 0.236 e. The molecule has 1 N–H and O–H groups in total. The van der Waals surface area contributed by atoms with Gasteiger partial charge in [0.1, 0.15) is 0 Å². The van der Waals surface area contributed by atoms with Crippen molar-refractivity contribution in [3.63, 3.8) is 0 Å². The van der Waals surface area contributed by atoms with Crippen molar-refractivity contribution in [1.82, 2.24) is 10.2 Å². The second-order valence-corrected chi connectivity index (χ2v) is 3.17. The highest BCUT2D eigenvalue weighted by atomic mass is 16.2. The summed E-state index contributed by atoms with van der Waals surface area (Å²) in [6, 6.07) is 0. The fourth-order valence-corrected chi connectivity index (χ4v) is 0.853. The second kappa shape index (κ2) is 7.10. The molecule has 72 valence electrons. The lowest BCUT2D eigenvalue weighted by molar-refractivity contribution is -0.127. The molecule has 1 amide bonds. The summed E-state index contributed by atoms with van der Waals surface area (Å²) in [7, 11) is 3.55. The number of amides is 1. The third-order valence-electron chi connectivity index (χ3n) is 1.73. The minimum Gasteiger partial charge on any atom is -0.348 e. The Labute approximate surface area is 75.1 Å². The Bertz CT molecular complexity index is 124. The number of nitrogens with one attached hydrogen (secondary N) is 1. The molecule has 3 heteroatoms. The quantitative estimate of drug-likeness (QED) is 0.603. The van der Waals surface area contributed by atoms with E-state index < -0.39 is 0 Å². The summed E-state index contributed by atoms with van der Waals surface area (Å²) in [5.41, 5.74) is 0. The molecule has 0 aromatic heterocycles. The molecular formula is C9H20N2O. The van der Waals surface area contributed by atoms with Crippen LogP contribution in [0.25, 0.3) is 0 Å². The van der Waals surface area contributed by atoms with Gasteiger partial charge in [-0.05, 0) is 13.0 Å². The van der Waals surface area contributed by atoms with E-state index in [4.69, 9.17) is 0 Å². The standard InChI is InChI=1S/C9H20N2O/c1-4-5-6-7-10-8-9(12)11(2)3/h10H,4-8H2,1-3H3. The summed E-state index contributed by atoms with van der Waals surface area (Å²) in [6.07, 6.45) is 3.63. The Morgan fingerprint density at radius 1 is 1.33 bits per heavy atom. The Balaban J connectivity index is 3.14. The third-order valence-corrected chi connectivity index (χ3v) is 1.73. The van der Waals surface area contributed by atoms with Crippen molar-refractivity contribution >= 4 is 5.91 Å². The molecule has 3 nitrogen and oxygen atoms in total. The largest absolute Gasteiger partial charge is 0.348 e. The van der Waals surface area contributed by atoms with Crippen LogP contribution in [0.3, 0.4) is 0 Å². The van der Waals surface area contributed by atoms with E-state index in [1.165, 1.54) is 12.8 Å². The second-order valence-electron chi connectivity index (χ2n) is 3.17. The van der Waals surface area contributed by atoms with Gasteiger partial charge in [-0.25, -0.2) is 0 Å². The molecule has 0 aliphatic heterocycles. The average Bonchev–Trinajstić information content (AvgIpc) is 2.03. The van der Waals surface area contributed by atoms with Gasteiger partial charge in [-0.1, -0.05) is 19.8 Å². The number of carbonyl (C=O) groups excluding carboxylic acids is 1. The summed E-state index contributed by atoms with van der Waals surface area (Å²) in [5, 5.41) is 3.11. The molecule has 0 atom stereocenters. The lowest BCUT2D eigenvalue weighted by Gasteiger charge is -2.10. The highest BCUT2D eigenvalue weighted by Gasteiger charge is 2.00. The van der Waals surface area contributed by atoms with Crippen LogP contribution in [0.2, 0.25) is 0 Å². The fraction of sp³-hybridized carbons (Fsp3) is 0.889. The van der Waals surface area contributed by atoms with Crippen molar-refractivity contribution in [2.24, 2.45) is 0 Å². The highest BCUT2D eigenvalue weighted by Crippen LogP contribution is 1.90. The first-order valence-corrected chi connectivity index (χ1v) is 4.59. The van der Waals surface area contributed by atoms with Crippen LogP contribution in [0.5, 0.6) is 0 Å². The maximum atomic E-state index is 11.0. The Morgan fingerprint density at radius 3 is 2.50 bits per heavy atom. The molecule has 0 saturated carbocycles. The zero-order valence-electron chi connectivity index (χ0n) is 8.39. The highest BCUT2D eigenvalue weighted by molar-refractivity contribution is 5.77. The number of carbonyl (C=O) groups is 1. The van der Waals surface area contributed by atoms with Crippen LogP contribution in [0.15, 0.2) is 0 Å². The van der Waals surface area contributed by atoms with Crippen molar-refractivity contribution in [2.45, 2.75) is 26.2 Å². The summed E-state index contributed by atoms with van der Waals surface area (Å²) < 4.78 is 0. The number of hydrogen-bond donors (Lipinski definition) is 1. The van der Waals surface area contributed by atoms with E-state index in [1.54, 1.807) is 19.0 Å². The monoisotopic (exact) mass is 172 g/mol. The van der Waals surface area contributed by atoms with E-state index >= 15 is 0 Å². The van der Waals surface area contributed by atoms with Crippen molar-refractivity contribution in [3.05, 3.63) is 0 Å². The van der Waals surface area contributed by atoms with E-state index in [0.29, 0.717) is 6.54 Å². The Hall–Kier alpha value is -0.570. The van der Waals surface area contributed by atoms with E-state index in [2.05, 4.69) is 12.2 Å². The molecule has 0 fully saturated rings. The normalized spacial score (nSPS) is 9.92. The van der Waals surface area contributed by atoms with Gasteiger partial charge in [0.05, 0.1) is 6.54 Å². The summed E-state index contributed by atoms with van der Waals surface area (Å²) in [5.74, 6) is 0.145. The van der Waals surface area contributed by atoms with Crippen molar-refractivity contribution in [2.75, 3.05) is 27.2 Å². The lowest BCUT2D eigenvalue weighted by atomic mass is 10.2. The molecule has 0 spiro atoms. The van der Waals surface area contributed by atoms with Crippen LogP contribution in [0, 0.1) is 0 Å². The first kappa shape index (κ1) is 11.4. The minimum absolute atomic E-state index is 0.145. The molecule has 0 aliphatic carbocycles. The molecule has 12 heavy (non-hydrogen) atoms. The van der Waals surface area contributed by atoms with Gasteiger partial charge in [-0.3, -0.25) is 4.79 Å². The minimum atomic E-state index is 0.145. The van der Waals surface area contributed by atoms with Crippen molar-refractivity contribution in [3.8, 4) is 0 Å². The SMILES string of the molecule is CCCCCNCC(=O)N(C)C. The Morgan fingerprint density at radius 2 is 2.00 bits per heavy atom. The molecule has 0 saturated heterocycles. The fourth-order valence-electron chi connectivity index (χ4n) is 0.853. The maximum absolute atomic E-state index is 11.0. The lowest BCUT2D eigenvalue weighted by Crippen LogP contribution is -2.33. The average molecular weight is 172 g/mol. The first-order valence-electron chi connectivity index (χ1n) is 4.59. The van der Waals surface area contributed by atoms with E-state index in [-0.39, 0.29) is 5.91 Å². The first-order chi connectivity index (χ1) is 5.68. The maximum Gasteiger partial charge on any atom is 0.236 e. The van der Waals surface area contributed by atoms with Gasteiger partial charge >= 0.3 is 0 Å². The van der Waals surface area contributed by atoms with Gasteiger partial charge in [0, 0.05) is 14.1 Å². The summed E-state index contributed by atoms with van der Waals surface area (Å²) >= 11 is 0. The summed E-state index contributed by atoms with van der Waals surface area (Å²) in [4.78, 5) is 12.6. The van der Waals surface area contributed by atoms with Crippen LogP contribution in [-0.2, 0) is 4.79 Å². The van der Waals surface area contributed by atoms with Crippen LogP contribution in [0.4, 0.5) is 0 Å². The van der Waals surface area contributed by atoms with Gasteiger partial charge in [0.15, 0.2) is 0 Å². The van der Waals surface area contributed by atoms with E-state index in [0.717, 1.165) is 13.0 Å². The van der Waals surface area contributed by atoms with Crippen molar-refractivity contribution in [1.29, 1.82) is 0 Å². The number of nitrogens with zero attached hydrogens (tertiary/aromatic N) is 1. The number of unbranched alkanes of at least 4 members (excludes halogenated alkanes) is 2. The van der Waals surface area contributed by atoms with E-state index in [1.807, 2.05) is 0 Å². The predicted molar refractivity (Wildman–Crippen MR) is 51.1 cm³/mol. The molecule has 0 aromatic rings. The Kier molecular flexibility index (Phi) is 6.76. The van der Waals surface area contributed by atoms with Crippen molar-refractivity contribution < 1.29 is 4.79 Å². The van der Waals surface area contributed by atoms with Crippen LogP contribution in [-0.4, -0.2) is 38.0 Å². The molecule has 0 unspecified atom stereocenters. The zero-order chi connectivity index (χ0) is 9.40. The molecule has 0 aromatic carbocycles. The van der Waals surface area contributed by atoms with Gasteiger partial charge in [-0.15, -0.1) is 0 Å². The number of rotatable bonds is 6. The van der Waals surface area contributed by atoms with Gasteiger partial charge < -0.3 is 10.2 Å². The van der Waals surface area contributed by atoms with Gasteiger partial charge in [0.2, 0.25) is 5.91 Å². The number of likely N-dealkylation sites (N-methyl/N-ethyl adjacent to an activating group) is 1.